The van der Waals surface area contributed by atoms with Gasteiger partial charge in [-0.2, -0.15) is 0 Å². The molecule has 0 saturated carbocycles. The van der Waals surface area contributed by atoms with Gasteiger partial charge < -0.3 is 0 Å². The molecule has 0 aromatic heterocycles. The van der Waals surface area contributed by atoms with E-state index in [1.54, 1.807) is 6.08 Å². The highest BCUT2D eigenvalue weighted by atomic mass is 19.1. The van der Waals surface area contributed by atoms with Crippen LogP contribution in [0, 0.1) is 5.92 Å². The lowest BCUT2D eigenvalue weighted by Crippen LogP contribution is -1.87. The summed E-state index contributed by atoms with van der Waals surface area (Å²) in [6.45, 7) is 5.53. The van der Waals surface area contributed by atoms with Crippen molar-refractivity contribution in [2.45, 2.75) is 26.2 Å². The first-order chi connectivity index (χ1) is 6.31. The van der Waals surface area contributed by atoms with Gasteiger partial charge in [0.15, 0.2) is 0 Å². The first kappa shape index (κ1) is 12.2. The van der Waals surface area contributed by atoms with E-state index in [-0.39, 0.29) is 6.67 Å². The predicted molar refractivity (Wildman–Crippen MR) is 57.5 cm³/mol. The van der Waals surface area contributed by atoms with Crippen LogP contribution in [-0.2, 0) is 0 Å². The normalized spacial score (nSPS) is 14.0. The van der Waals surface area contributed by atoms with Crippen LogP contribution in [0.4, 0.5) is 4.39 Å². The molecule has 1 atom stereocenters. The third-order valence-electron chi connectivity index (χ3n) is 1.81. The number of alkyl halides is 1. The smallest absolute Gasteiger partial charge is 0.0928 e. The van der Waals surface area contributed by atoms with Gasteiger partial charge in [0.05, 0.1) is 6.67 Å². The number of hydrogen-bond acceptors (Lipinski definition) is 0. The molecule has 1 unspecified atom stereocenters. The number of rotatable bonds is 7. The number of allylic oxidation sites excluding steroid dienone is 5. The average molecular weight is 182 g/mol. The van der Waals surface area contributed by atoms with Gasteiger partial charge in [0.25, 0.3) is 0 Å². The van der Waals surface area contributed by atoms with Crippen LogP contribution in [0.15, 0.2) is 37.0 Å². The molecule has 0 aliphatic carbocycles. The summed E-state index contributed by atoms with van der Waals surface area (Å²) >= 11 is 0. The lowest BCUT2D eigenvalue weighted by atomic mass is 10.0. The quantitative estimate of drug-likeness (QED) is 0.411. The molecule has 0 aromatic rings. The Morgan fingerprint density at radius 2 is 2.00 bits per heavy atom. The van der Waals surface area contributed by atoms with E-state index >= 15 is 0 Å². The molecule has 0 aliphatic rings. The van der Waals surface area contributed by atoms with E-state index in [4.69, 9.17) is 0 Å². The fourth-order valence-electron chi connectivity index (χ4n) is 1.02. The first-order valence-electron chi connectivity index (χ1n) is 4.81. The van der Waals surface area contributed by atoms with E-state index < -0.39 is 0 Å². The van der Waals surface area contributed by atoms with Crippen LogP contribution < -0.4 is 0 Å². The summed E-state index contributed by atoms with van der Waals surface area (Å²) in [7, 11) is 0. The van der Waals surface area contributed by atoms with Gasteiger partial charge in [-0.1, -0.05) is 43.9 Å². The molecule has 0 spiro atoms. The largest absolute Gasteiger partial charge is 0.251 e. The van der Waals surface area contributed by atoms with Gasteiger partial charge in [-0.15, -0.1) is 0 Å². The Labute approximate surface area is 80.9 Å². The van der Waals surface area contributed by atoms with Gasteiger partial charge in [0.1, 0.15) is 0 Å². The molecular formula is C12H19F. The summed E-state index contributed by atoms with van der Waals surface area (Å²) in [5.41, 5.74) is 0. The molecular weight excluding hydrogens is 163 g/mol. The van der Waals surface area contributed by atoms with Crippen molar-refractivity contribution in [3.8, 4) is 0 Å². The van der Waals surface area contributed by atoms with E-state index in [0.29, 0.717) is 12.3 Å². The van der Waals surface area contributed by atoms with Crippen molar-refractivity contribution in [3.63, 3.8) is 0 Å². The van der Waals surface area contributed by atoms with Crippen LogP contribution in [0.2, 0.25) is 0 Å². The van der Waals surface area contributed by atoms with Crippen LogP contribution in [0.25, 0.3) is 0 Å². The molecule has 0 rings (SSSR count). The SMILES string of the molecule is C=C/C=C\C(C)CC/C=C\CCF. The van der Waals surface area contributed by atoms with E-state index in [0.717, 1.165) is 12.8 Å². The first-order valence-corrected chi connectivity index (χ1v) is 4.81. The maximum Gasteiger partial charge on any atom is 0.0928 e. The highest BCUT2D eigenvalue weighted by Gasteiger charge is 1.92. The third kappa shape index (κ3) is 9.06. The molecule has 0 radical (unpaired) electrons. The second kappa shape index (κ2) is 9.24. The van der Waals surface area contributed by atoms with Gasteiger partial charge in [-0.3, -0.25) is 4.39 Å². The van der Waals surface area contributed by atoms with Crippen molar-refractivity contribution >= 4 is 0 Å². The summed E-state index contributed by atoms with van der Waals surface area (Å²) in [5.74, 6) is 0.577. The monoisotopic (exact) mass is 182 g/mol. The Morgan fingerprint density at radius 1 is 1.31 bits per heavy atom. The summed E-state index contributed by atoms with van der Waals surface area (Å²) in [5, 5.41) is 0. The van der Waals surface area contributed by atoms with E-state index in [1.807, 2.05) is 12.2 Å². The van der Waals surface area contributed by atoms with E-state index in [9.17, 15) is 4.39 Å². The lowest BCUT2D eigenvalue weighted by Gasteiger charge is -2.01. The van der Waals surface area contributed by atoms with Crippen molar-refractivity contribution < 1.29 is 4.39 Å². The molecule has 0 N–H and O–H groups in total. The molecule has 74 valence electrons. The van der Waals surface area contributed by atoms with Crippen molar-refractivity contribution in [2.75, 3.05) is 6.67 Å². The highest BCUT2D eigenvalue weighted by molar-refractivity contribution is 4.99. The number of halogens is 1. The molecule has 0 heterocycles. The molecule has 0 bridgehead atoms. The molecule has 13 heavy (non-hydrogen) atoms. The summed E-state index contributed by atoms with van der Waals surface area (Å²) in [6, 6.07) is 0. The minimum Gasteiger partial charge on any atom is -0.251 e. The van der Waals surface area contributed by atoms with Crippen molar-refractivity contribution in [2.24, 2.45) is 5.92 Å². The lowest BCUT2D eigenvalue weighted by molar-refractivity contribution is 0.500. The van der Waals surface area contributed by atoms with Gasteiger partial charge in [0, 0.05) is 0 Å². The molecule has 0 saturated heterocycles. The Hall–Kier alpha value is -0.850. The summed E-state index contributed by atoms with van der Waals surface area (Å²) in [4.78, 5) is 0. The van der Waals surface area contributed by atoms with Crippen LogP contribution in [0.3, 0.4) is 0 Å². The second-order valence-corrected chi connectivity index (χ2v) is 3.12. The summed E-state index contributed by atoms with van der Waals surface area (Å²) < 4.78 is 11.7. The van der Waals surface area contributed by atoms with Crippen LogP contribution >= 0.6 is 0 Å². The Balaban J connectivity index is 3.41. The summed E-state index contributed by atoms with van der Waals surface area (Å²) in [6.07, 6.45) is 12.6. The molecule has 0 nitrogen and oxygen atoms in total. The van der Waals surface area contributed by atoms with Crippen LogP contribution in [0.5, 0.6) is 0 Å². The Bertz CT molecular complexity index is 168. The third-order valence-corrected chi connectivity index (χ3v) is 1.81. The van der Waals surface area contributed by atoms with Crippen LogP contribution in [0.1, 0.15) is 26.2 Å². The predicted octanol–water partition coefficient (Wildman–Crippen LogP) is 4.06. The van der Waals surface area contributed by atoms with Crippen molar-refractivity contribution in [1.82, 2.24) is 0 Å². The standard InChI is InChI=1S/C12H19F/c1-3-4-9-12(2)10-7-5-6-8-11-13/h3-6,9,12H,1,7-8,10-11H2,2H3/b6-5-,9-4-. The Morgan fingerprint density at radius 3 is 2.62 bits per heavy atom. The topological polar surface area (TPSA) is 0 Å². The zero-order valence-corrected chi connectivity index (χ0v) is 8.38. The zero-order valence-electron chi connectivity index (χ0n) is 8.38. The minimum atomic E-state index is -0.248. The fourth-order valence-corrected chi connectivity index (χ4v) is 1.02. The van der Waals surface area contributed by atoms with Crippen molar-refractivity contribution in [1.29, 1.82) is 0 Å². The Kier molecular flexibility index (Phi) is 8.64. The second-order valence-electron chi connectivity index (χ2n) is 3.12. The molecule has 0 fully saturated rings. The van der Waals surface area contributed by atoms with Gasteiger partial charge >= 0.3 is 0 Å². The van der Waals surface area contributed by atoms with Crippen LogP contribution in [-0.4, -0.2) is 6.67 Å². The highest BCUT2D eigenvalue weighted by Crippen LogP contribution is 2.07. The van der Waals surface area contributed by atoms with Gasteiger partial charge in [-0.05, 0) is 25.2 Å². The minimum absolute atomic E-state index is 0.248. The van der Waals surface area contributed by atoms with Gasteiger partial charge in [0.2, 0.25) is 0 Å². The zero-order chi connectivity index (χ0) is 9.94. The maximum absolute atomic E-state index is 11.7. The molecule has 0 aliphatic heterocycles. The molecule has 0 amide bonds. The fraction of sp³-hybridized carbons (Fsp3) is 0.500. The molecule has 1 heteroatoms. The molecule has 0 aromatic carbocycles. The van der Waals surface area contributed by atoms with Crippen molar-refractivity contribution in [3.05, 3.63) is 37.0 Å². The van der Waals surface area contributed by atoms with E-state index in [1.165, 1.54) is 0 Å². The number of hydrogen-bond donors (Lipinski definition) is 0. The maximum atomic E-state index is 11.7. The average Bonchev–Trinajstić information content (AvgIpc) is 2.14. The van der Waals surface area contributed by atoms with Gasteiger partial charge in [-0.25, -0.2) is 0 Å². The van der Waals surface area contributed by atoms with E-state index in [2.05, 4.69) is 25.7 Å².